The number of hydrogen-bond acceptors (Lipinski definition) is 2. The minimum atomic E-state index is -0.299. The average Bonchev–Trinajstić information content (AvgIpc) is 3.82. The molecule has 2 aromatic heterocycles. The molecule has 0 saturated heterocycles. The standard InChI is InChI=1S/C54H33BN2O2/c1-7-19-46(57-49-22-10-4-16-41(49)42-17-5-11-23-50(42)57)38(13-1)35-27-30-43-44-31-36(33-53-54(44)55(59-52(43)32-35)45-18-6-12-24-51(45)58-53)34-25-28-37(29-26-34)56-47-20-8-2-14-39(47)40-15-3-9-21-48(40)56/h1-33H. The average molecular weight is 753 g/mol. The first-order valence-corrected chi connectivity index (χ1v) is 20.2. The number of ether oxygens (including phenoxy) is 1. The van der Waals surface area contributed by atoms with Crippen LogP contribution in [0.4, 0.5) is 0 Å². The van der Waals surface area contributed by atoms with Gasteiger partial charge < -0.3 is 18.5 Å². The Morgan fingerprint density at radius 1 is 0.356 bits per heavy atom. The van der Waals surface area contributed by atoms with E-state index in [1.165, 1.54) is 43.6 Å². The van der Waals surface area contributed by atoms with Gasteiger partial charge in [0.25, 0.3) is 0 Å². The molecule has 2 aliphatic heterocycles. The van der Waals surface area contributed by atoms with Crippen molar-refractivity contribution in [3.8, 4) is 62.0 Å². The van der Waals surface area contributed by atoms with Gasteiger partial charge in [-0.15, -0.1) is 0 Å². The fraction of sp³-hybridized carbons (Fsp3) is 0. The molecule has 0 fully saturated rings. The molecule has 0 saturated carbocycles. The minimum Gasteiger partial charge on any atom is -0.551 e. The van der Waals surface area contributed by atoms with Crippen molar-refractivity contribution >= 4 is 61.5 Å². The summed E-state index contributed by atoms with van der Waals surface area (Å²) in [5.41, 5.74) is 15.8. The first-order chi connectivity index (χ1) is 29.3. The van der Waals surface area contributed by atoms with Crippen molar-refractivity contribution in [2.45, 2.75) is 0 Å². The highest BCUT2D eigenvalue weighted by molar-refractivity contribution is 6.84. The molecule has 0 unspecified atom stereocenters. The van der Waals surface area contributed by atoms with Gasteiger partial charge >= 0.3 is 6.92 Å². The van der Waals surface area contributed by atoms with Crippen LogP contribution in [0.5, 0.6) is 17.2 Å². The summed E-state index contributed by atoms with van der Waals surface area (Å²) in [6, 6.07) is 71.8. The first-order valence-electron chi connectivity index (χ1n) is 20.2. The summed E-state index contributed by atoms with van der Waals surface area (Å²) < 4.78 is 18.6. The van der Waals surface area contributed by atoms with E-state index in [0.29, 0.717) is 0 Å². The summed E-state index contributed by atoms with van der Waals surface area (Å²) in [4.78, 5) is 0. The van der Waals surface area contributed by atoms with E-state index in [9.17, 15) is 0 Å². The molecule has 0 bridgehead atoms. The number of fused-ring (bicyclic) bond motifs is 10. The fourth-order valence-corrected chi connectivity index (χ4v) is 9.79. The molecule has 0 amide bonds. The highest BCUT2D eigenvalue weighted by Gasteiger charge is 2.41. The molecule has 274 valence electrons. The maximum atomic E-state index is 7.08. The lowest BCUT2D eigenvalue weighted by Gasteiger charge is -2.33. The third-order valence-electron chi connectivity index (χ3n) is 12.4. The number of hydrogen-bond donors (Lipinski definition) is 0. The predicted octanol–water partition coefficient (Wildman–Crippen LogP) is 12.5. The quantitative estimate of drug-likeness (QED) is 0.168. The molecular formula is C54H33BN2O2. The van der Waals surface area contributed by atoms with Crippen LogP contribution in [0.25, 0.3) is 88.4 Å². The largest absolute Gasteiger partial charge is 0.551 e. The zero-order valence-electron chi connectivity index (χ0n) is 31.8. The van der Waals surface area contributed by atoms with Gasteiger partial charge in [-0.1, -0.05) is 133 Å². The van der Waals surface area contributed by atoms with E-state index in [1.807, 2.05) is 12.1 Å². The van der Waals surface area contributed by atoms with Crippen LogP contribution in [0.1, 0.15) is 0 Å². The van der Waals surface area contributed by atoms with Gasteiger partial charge in [0.2, 0.25) is 0 Å². The van der Waals surface area contributed by atoms with Crippen molar-refractivity contribution in [2.24, 2.45) is 0 Å². The molecule has 13 rings (SSSR count). The van der Waals surface area contributed by atoms with Gasteiger partial charge in [0, 0.05) is 49.3 Å². The Morgan fingerprint density at radius 2 is 0.898 bits per heavy atom. The summed E-state index contributed by atoms with van der Waals surface area (Å²) in [6.45, 7) is -0.299. The molecule has 0 spiro atoms. The number of para-hydroxylation sites is 6. The topological polar surface area (TPSA) is 28.3 Å². The Kier molecular flexibility index (Phi) is 6.78. The fourth-order valence-electron chi connectivity index (χ4n) is 9.79. The highest BCUT2D eigenvalue weighted by atomic mass is 16.5. The lowest BCUT2D eigenvalue weighted by atomic mass is 9.50. The molecule has 59 heavy (non-hydrogen) atoms. The normalized spacial score (nSPS) is 12.6. The summed E-state index contributed by atoms with van der Waals surface area (Å²) in [7, 11) is 0. The van der Waals surface area contributed by atoms with E-state index in [-0.39, 0.29) is 6.92 Å². The smallest absolute Gasteiger partial charge is 0.434 e. The van der Waals surface area contributed by atoms with Crippen LogP contribution in [-0.4, -0.2) is 16.0 Å². The minimum absolute atomic E-state index is 0.299. The van der Waals surface area contributed by atoms with E-state index in [0.717, 1.165) is 72.9 Å². The van der Waals surface area contributed by atoms with Crippen LogP contribution in [0, 0.1) is 0 Å². The van der Waals surface area contributed by atoms with Gasteiger partial charge in [-0.25, -0.2) is 0 Å². The van der Waals surface area contributed by atoms with E-state index < -0.39 is 0 Å². The van der Waals surface area contributed by atoms with Crippen molar-refractivity contribution in [1.82, 2.24) is 9.13 Å². The van der Waals surface area contributed by atoms with Crippen LogP contribution >= 0.6 is 0 Å². The second-order valence-electron chi connectivity index (χ2n) is 15.6. The molecule has 0 radical (unpaired) electrons. The number of nitrogens with zero attached hydrogens (tertiary/aromatic N) is 2. The highest BCUT2D eigenvalue weighted by Crippen LogP contribution is 2.45. The second-order valence-corrected chi connectivity index (χ2v) is 15.6. The first kappa shape index (κ1) is 32.3. The van der Waals surface area contributed by atoms with Gasteiger partial charge in [0.05, 0.1) is 27.8 Å². The third-order valence-corrected chi connectivity index (χ3v) is 12.4. The van der Waals surface area contributed by atoms with Crippen molar-refractivity contribution in [3.63, 3.8) is 0 Å². The lowest BCUT2D eigenvalue weighted by molar-refractivity contribution is 0.479. The van der Waals surface area contributed by atoms with Gasteiger partial charge in [0.1, 0.15) is 17.2 Å². The van der Waals surface area contributed by atoms with Crippen molar-refractivity contribution in [3.05, 3.63) is 200 Å². The van der Waals surface area contributed by atoms with Crippen LogP contribution in [0.3, 0.4) is 0 Å². The molecule has 4 nitrogen and oxygen atoms in total. The zero-order chi connectivity index (χ0) is 38.6. The summed E-state index contributed by atoms with van der Waals surface area (Å²) in [5, 5.41) is 5.00. The summed E-state index contributed by atoms with van der Waals surface area (Å²) in [6.07, 6.45) is 0. The van der Waals surface area contributed by atoms with Crippen LogP contribution < -0.4 is 20.3 Å². The molecule has 9 aromatic carbocycles. The Bertz CT molecular complexity index is 3420. The Morgan fingerprint density at radius 3 is 1.58 bits per heavy atom. The molecular weight excluding hydrogens is 719 g/mol. The number of benzene rings is 9. The van der Waals surface area contributed by atoms with Gasteiger partial charge in [-0.3, -0.25) is 0 Å². The Hall–Kier alpha value is -7.76. The van der Waals surface area contributed by atoms with Crippen molar-refractivity contribution in [1.29, 1.82) is 0 Å². The molecule has 2 aliphatic rings. The maximum Gasteiger partial charge on any atom is 0.434 e. The maximum absolute atomic E-state index is 7.08. The zero-order valence-corrected chi connectivity index (χ0v) is 31.8. The summed E-state index contributed by atoms with van der Waals surface area (Å²) in [5.74, 6) is 2.52. The molecule has 0 atom stereocenters. The van der Waals surface area contributed by atoms with E-state index in [1.54, 1.807) is 0 Å². The lowest BCUT2D eigenvalue weighted by Crippen LogP contribution is -2.53. The van der Waals surface area contributed by atoms with Crippen molar-refractivity contribution in [2.75, 3.05) is 0 Å². The SMILES string of the molecule is c1ccc2c(c1)Oc1cc(-c3ccc(-n4c5ccccc5c5ccccc54)cc3)cc3c1B2Oc1cc(-c2ccccc2-n2c4ccccc4c4ccccc42)ccc1-3. The second kappa shape index (κ2) is 12.4. The molecule has 0 aliphatic carbocycles. The van der Waals surface area contributed by atoms with Crippen molar-refractivity contribution < 1.29 is 9.39 Å². The third kappa shape index (κ3) is 4.73. The molecule has 4 heterocycles. The van der Waals surface area contributed by atoms with Crippen LogP contribution in [0.15, 0.2) is 200 Å². The number of aromatic nitrogens is 2. The van der Waals surface area contributed by atoms with Gasteiger partial charge in [-0.05, 0) is 89.0 Å². The molecule has 11 aromatic rings. The molecule has 0 N–H and O–H groups in total. The predicted molar refractivity (Wildman–Crippen MR) is 244 cm³/mol. The van der Waals surface area contributed by atoms with E-state index in [4.69, 9.17) is 9.39 Å². The molecule has 5 heteroatoms. The van der Waals surface area contributed by atoms with Crippen LogP contribution in [-0.2, 0) is 0 Å². The number of rotatable bonds is 4. The van der Waals surface area contributed by atoms with E-state index in [2.05, 4.69) is 197 Å². The Balaban J connectivity index is 0.957. The monoisotopic (exact) mass is 752 g/mol. The van der Waals surface area contributed by atoms with Crippen LogP contribution in [0.2, 0.25) is 0 Å². The van der Waals surface area contributed by atoms with Gasteiger partial charge in [-0.2, -0.15) is 0 Å². The Labute approximate surface area is 340 Å². The van der Waals surface area contributed by atoms with E-state index >= 15 is 0 Å². The summed E-state index contributed by atoms with van der Waals surface area (Å²) >= 11 is 0. The van der Waals surface area contributed by atoms with Gasteiger partial charge in [0.15, 0.2) is 0 Å².